The van der Waals surface area contributed by atoms with Crippen LogP contribution in [-0.4, -0.2) is 19.9 Å². The van der Waals surface area contributed by atoms with Crippen molar-refractivity contribution in [1.29, 1.82) is 0 Å². The number of hydrogen-bond donors (Lipinski definition) is 2. The first-order valence-corrected chi connectivity index (χ1v) is 11.5. The predicted octanol–water partition coefficient (Wildman–Crippen LogP) is 3.88. The Balaban J connectivity index is 1.96. The van der Waals surface area contributed by atoms with Gasteiger partial charge in [-0.1, -0.05) is 33.1 Å². The molecule has 0 aliphatic carbocycles. The third-order valence-electron chi connectivity index (χ3n) is 4.56. The van der Waals surface area contributed by atoms with Crippen molar-refractivity contribution < 1.29 is 8.42 Å². The fraction of sp³-hybridized carbons (Fsp3) is 0.526. The van der Waals surface area contributed by atoms with E-state index in [1.807, 2.05) is 18.2 Å². The molecule has 0 aliphatic rings. The Bertz CT molecular complexity index is 760. The zero-order valence-corrected chi connectivity index (χ0v) is 17.2. The molecule has 5 nitrogen and oxygen atoms in total. The third-order valence-corrected chi connectivity index (χ3v) is 7.59. The van der Waals surface area contributed by atoms with E-state index in [9.17, 15) is 8.42 Å². The fourth-order valence-electron chi connectivity index (χ4n) is 2.80. The van der Waals surface area contributed by atoms with E-state index in [4.69, 9.17) is 5.73 Å². The first-order chi connectivity index (χ1) is 12.5. The number of aromatic nitrogens is 1. The summed E-state index contributed by atoms with van der Waals surface area (Å²) >= 11 is 1.29. The lowest BCUT2D eigenvalue weighted by Gasteiger charge is -2.15. The summed E-state index contributed by atoms with van der Waals surface area (Å²) in [5.41, 5.74) is 7.22. The van der Waals surface area contributed by atoms with Crippen molar-refractivity contribution in [2.24, 2.45) is 11.7 Å². The van der Waals surface area contributed by atoms with E-state index < -0.39 is 10.0 Å². The van der Waals surface area contributed by atoms with Crippen molar-refractivity contribution in [3.63, 3.8) is 0 Å². The zero-order chi connectivity index (χ0) is 19.0. The summed E-state index contributed by atoms with van der Waals surface area (Å²) in [5, 5.41) is 0. The van der Waals surface area contributed by atoms with Gasteiger partial charge in [-0.2, -0.15) is 0 Å². The third kappa shape index (κ3) is 6.16. The van der Waals surface area contributed by atoms with Gasteiger partial charge in [0.2, 0.25) is 10.0 Å². The van der Waals surface area contributed by atoms with Crippen LogP contribution in [0.25, 0.3) is 0 Å². The van der Waals surface area contributed by atoms with Crippen molar-refractivity contribution in [2.45, 2.75) is 56.2 Å². The Morgan fingerprint density at radius 1 is 1.19 bits per heavy atom. The molecule has 0 fully saturated rings. The Kier molecular flexibility index (Phi) is 8.21. The molecular formula is C19H29N3O2S2. The molecule has 0 amide bonds. The largest absolute Gasteiger partial charge is 0.324 e. The second-order valence-corrected chi connectivity index (χ2v) is 9.74. The van der Waals surface area contributed by atoms with E-state index in [-0.39, 0.29) is 6.04 Å². The highest BCUT2D eigenvalue weighted by Crippen LogP contribution is 2.25. The van der Waals surface area contributed by atoms with Gasteiger partial charge in [0.15, 0.2) is 0 Å². The van der Waals surface area contributed by atoms with Crippen molar-refractivity contribution in [3.05, 3.63) is 47.1 Å². The first kappa shape index (κ1) is 21.0. The standard InChI is InChI=1S/C19H29N3O2S2/c1-3-5-6-15(4-2)14-22-26(23,24)19-8-7-17(25-19)13-18(20)16-9-11-21-12-10-16/h7-12,15,18,22H,3-6,13-14,20H2,1-2H3. The molecule has 2 rings (SSSR count). The molecule has 0 spiro atoms. The van der Waals surface area contributed by atoms with Gasteiger partial charge in [0.05, 0.1) is 0 Å². The van der Waals surface area contributed by atoms with Gasteiger partial charge in [0, 0.05) is 36.3 Å². The summed E-state index contributed by atoms with van der Waals surface area (Å²) in [6, 6.07) is 7.14. The van der Waals surface area contributed by atoms with Crippen LogP contribution in [0.4, 0.5) is 0 Å². The summed E-state index contributed by atoms with van der Waals surface area (Å²) in [6.45, 7) is 4.77. The minimum absolute atomic E-state index is 0.168. The lowest BCUT2D eigenvalue weighted by molar-refractivity contribution is 0.444. The van der Waals surface area contributed by atoms with E-state index in [2.05, 4.69) is 23.6 Å². The van der Waals surface area contributed by atoms with Crippen LogP contribution in [0.2, 0.25) is 0 Å². The number of unbranched alkanes of at least 4 members (excludes halogenated alkanes) is 1. The highest BCUT2D eigenvalue weighted by molar-refractivity contribution is 7.91. The van der Waals surface area contributed by atoms with Crippen LogP contribution in [0.15, 0.2) is 40.9 Å². The van der Waals surface area contributed by atoms with Crippen LogP contribution < -0.4 is 10.5 Å². The molecule has 2 unspecified atom stereocenters. The average Bonchev–Trinajstić information content (AvgIpc) is 3.12. The molecule has 0 aromatic carbocycles. The van der Waals surface area contributed by atoms with Crippen LogP contribution in [0.3, 0.4) is 0 Å². The van der Waals surface area contributed by atoms with E-state index in [1.165, 1.54) is 11.3 Å². The summed E-state index contributed by atoms with van der Waals surface area (Å²) in [7, 11) is -3.45. The second kappa shape index (κ2) is 10.2. The van der Waals surface area contributed by atoms with Crippen molar-refractivity contribution in [2.75, 3.05) is 6.54 Å². The average molecular weight is 396 g/mol. The number of nitrogens with one attached hydrogen (secondary N) is 1. The summed E-state index contributed by atoms with van der Waals surface area (Å²) in [5.74, 6) is 0.393. The molecule has 2 aromatic rings. The van der Waals surface area contributed by atoms with Gasteiger partial charge in [-0.05, 0) is 42.2 Å². The molecule has 0 aliphatic heterocycles. The summed E-state index contributed by atoms with van der Waals surface area (Å²) < 4.78 is 28.2. The number of thiophene rings is 1. The van der Waals surface area contributed by atoms with Crippen LogP contribution in [0.1, 0.15) is 56.0 Å². The van der Waals surface area contributed by atoms with Gasteiger partial charge in [-0.15, -0.1) is 11.3 Å². The van der Waals surface area contributed by atoms with E-state index in [1.54, 1.807) is 18.5 Å². The Morgan fingerprint density at radius 3 is 2.58 bits per heavy atom. The van der Waals surface area contributed by atoms with Crippen LogP contribution in [0, 0.1) is 5.92 Å². The van der Waals surface area contributed by atoms with E-state index in [0.717, 1.165) is 36.1 Å². The van der Waals surface area contributed by atoms with Gasteiger partial charge in [-0.3, -0.25) is 4.98 Å². The quantitative estimate of drug-likeness (QED) is 0.605. The van der Waals surface area contributed by atoms with Crippen molar-refractivity contribution in [3.8, 4) is 0 Å². The van der Waals surface area contributed by atoms with Crippen LogP contribution in [-0.2, 0) is 16.4 Å². The van der Waals surface area contributed by atoms with Crippen molar-refractivity contribution >= 4 is 21.4 Å². The molecule has 144 valence electrons. The molecular weight excluding hydrogens is 366 g/mol. The monoisotopic (exact) mass is 395 g/mol. The smallest absolute Gasteiger partial charge is 0.250 e. The lowest BCUT2D eigenvalue weighted by Crippen LogP contribution is -2.28. The summed E-state index contributed by atoms with van der Waals surface area (Å²) in [4.78, 5) is 4.96. The molecule has 2 atom stereocenters. The van der Waals surface area contributed by atoms with E-state index in [0.29, 0.717) is 23.1 Å². The first-order valence-electron chi connectivity index (χ1n) is 9.20. The van der Waals surface area contributed by atoms with Crippen LogP contribution >= 0.6 is 11.3 Å². The van der Waals surface area contributed by atoms with E-state index >= 15 is 0 Å². The number of pyridine rings is 1. The SMILES string of the molecule is CCCCC(CC)CNS(=O)(=O)c1ccc(CC(N)c2ccncc2)s1. The molecule has 0 bridgehead atoms. The Morgan fingerprint density at radius 2 is 1.92 bits per heavy atom. The molecule has 0 radical (unpaired) electrons. The number of rotatable bonds is 11. The molecule has 3 N–H and O–H groups in total. The topological polar surface area (TPSA) is 85.1 Å². The van der Waals surface area contributed by atoms with Gasteiger partial charge < -0.3 is 5.73 Å². The van der Waals surface area contributed by atoms with Gasteiger partial charge in [-0.25, -0.2) is 13.1 Å². The van der Waals surface area contributed by atoms with Gasteiger partial charge in [0.1, 0.15) is 4.21 Å². The minimum atomic E-state index is -3.45. The van der Waals surface area contributed by atoms with Crippen molar-refractivity contribution in [1.82, 2.24) is 9.71 Å². The predicted molar refractivity (Wildman–Crippen MR) is 108 cm³/mol. The number of sulfonamides is 1. The molecule has 0 saturated carbocycles. The number of nitrogens with two attached hydrogens (primary N) is 1. The fourth-order valence-corrected chi connectivity index (χ4v) is 5.37. The van der Waals surface area contributed by atoms with Crippen LogP contribution in [0.5, 0.6) is 0 Å². The minimum Gasteiger partial charge on any atom is -0.324 e. The van der Waals surface area contributed by atoms with Gasteiger partial charge in [0.25, 0.3) is 0 Å². The zero-order valence-electron chi connectivity index (χ0n) is 15.5. The number of hydrogen-bond acceptors (Lipinski definition) is 5. The number of nitrogens with zero attached hydrogens (tertiary/aromatic N) is 1. The molecule has 2 heterocycles. The maximum atomic E-state index is 12.6. The molecule has 2 aromatic heterocycles. The maximum absolute atomic E-state index is 12.6. The molecule has 0 saturated heterocycles. The highest BCUT2D eigenvalue weighted by atomic mass is 32.2. The lowest BCUT2D eigenvalue weighted by atomic mass is 10.00. The summed E-state index contributed by atoms with van der Waals surface area (Å²) in [6.07, 6.45) is 8.35. The Labute approximate surface area is 161 Å². The molecule has 7 heteroatoms. The second-order valence-electron chi connectivity index (χ2n) is 6.58. The maximum Gasteiger partial charge on any atom is 0.250 e. The highest BCUT2D eigenvalue weighted by Gasteiger charge is 2.19. The van der Waals surface area contributed by atoms with Gasteiger partial charge >= 0.3 is 0 Å². The molecule has 26 heavy (non-hydrogen) atoms. The normalized spacial score (nSPS) is 14.3. The Hall–Kier alpha value is -1.28.